The molecule has 0 bridgehead atoms. The molecule has 3 N–H and O–H groups in total. The number of anilines is 1. The fourth-order valence-corrected chi connectivity index (χ4v) is 2.47. The van der Waals surface area contributed by atoms with Gasteiger partial charge in [-0.2, -0.15) is 0 Å². The first-order valence-corrected chi connectivity index (χ1v) is 7.66. The van der Waals surface area contributed by atoms with Crippen LogP contribution in [-0.2, 0) is 11.2 Å². The third-order valence-electron chi connectivity index (χ3n) is 3.63. The molecule has 1 heterocycles. The molecule has 2 rings (SSSR count). The quantitative estimate of drug-likeness (QED) is 0.667. The lowest BCUT2D eigenvalue weighted by atomic mass is 10.0. The van der Waals surface area contributed by atoms with E-state index in [2.05, 4.69) is 35.0 Å². The molecule has 1 atom stereocenters. The molecule has 0 spiro atoms. The van der Waals surface area contributed by atoms with Crippen molar-refractivity contribution in [3.05, 3.63) is 23.8 Å². The largest absolute Gasteiger partial charge is 0.490 e. The maximum Gasteiger partial charge on any atom is 0.216 e. The van der Waals surface area contributed by atoms with Crippen LogP contribution in [-0.4, -0.2) is 38.2 Å². The molecule has 116 valence electrons. The molecular formula is C16H25N3O2. The van der Waals surface area contributed by atoms with Gasteiger partial charge in [-0.25, -0.2) is 0 Å². The number of benzene rings is 1. The minimum atomic E-state index is 0.0191. The Morgan fingerprint density at radius 2 is 2.29 bits per heavy atom. The van der Waals surface area contributed by atoms with Crippen molar-refractivity contribution in [2.24, 2.45) is 0 Å². The summed E-state index contributed by atoms with van der Waals surface area (Å²) in [5, 5.41) is 9.65. The summed E-state index contributed by atoms with van der Waals surface area (Å²) in [6, 6.07) is 6.76. The molecule has 1 aliphatic heterocycles. The topological polar surface area (TPSA) is 62.4 Å². The van der Waals surface area contributed by atoms with Crippen molar-refractivity contribution in [2.75, 3.05) is 31.6 Å². The van der Waals surface area contributed by atoms with Gasteiger partial charge in [0.2, 0.25) is 5.91 Å². The van der Waals surface area contributed by atoms with E-state index in [0.29, 0.717) is 12.6 Å². The summed E-state index contributed by atoms with van der Waals surface area (Å²) in [6.07, 6.45) is 2.03. The zero-order chi connectivity index (χ0) is 15.1. The van der Waals surface area contributed by atoms with Crippen LogP contribution in [0.25, 0.3) is 0 Å². The molecule has 1 aromatic carbocycles. The molecule has 1 aromatic rings. The summed E-state index contributed by atoms with van der Waals surface area (Å²) < 4.78 is 5.59. The number of carbonyl (C=O) groups is 1. The van der Waals surface area contributed by atoms with Crippen LogP contribution in [0.4, 0.5) is 5.69 Å². The van der Waals surface area contributed by atoms with E-state index in [1.807, 2.05) is 6.07 Å². The van der Waals surface area contributed by atoms with Crippen molar-refractivity contribution in [1.82, 2.24) is 10.6 Å². The standard InChI is InChI=1S/C16H25N3O2/c1-3-14(18-7-6-17-12(2)20)10-13-4-5-16-15(11-13)19-8-9-21-16/h4-5,11,14,18-19H,3,6-10H2,1-2H3,(H,17,20). The average Bonchev–Trinajstić information content (AvgIpc) is 2.50. The minimum absolute atomic E-state index is 0.0191. The lowest BCUT2D eigenvalue weighted by molar-refractivity contribution is -0.118. The molecule has 21 heavy (non-hydrogen) atoms. The third-order valence-corrected chi connectivity index (χ3v) is 3.63. The molecule has 0 radical (unpaired) electrons. The molecule has 1 amide bonds. The number of rotatable bonds is 7. The third kappa shape index (κ3) is 4.93. The van der Waals surface area contributed by atoms with Crippen LogP contribution in [0, 0.1) is 0 Å². The van der Waals surface area contributed by atoms with E-state index in [4.69, 9.17) is 4.74 Å². The molecule has 5 nitrogen and oxygen atoms in total. The Balaban J connectivity index is 1.84. The number of fused-ring (bicyclic) bond motifs is 1. The van der Waals surface area contributed by atoms with Gasteiger partial charge in [0.05, 0.1) is 5.69 Å². The first kappa shape index (κ1) is 15.6. The van der Waals surface area contributed by atoms with Gasteiger partial charge in [0.25, 0.3) is 0 Å². The number of hydrogen-bond donors (Lipinski definition) is 3. The van der Waals surface area contributed by atoms with E-state index in [0.717, 1.165) is 44.0 Å². The summed E-state index contributed by atoms with van der Waals surface area (Å²) in [7, 11) is 0. The van der Waals surface area contributed by atoms with Gasteiger partial charge < -0.3 is 20.7 Å². The molecule has 0 saturated heterocycles. The van der Waals surface area contributed by atoms with Crippen molar-refractivity contribution in [3.8, 4) is 5.75 Å². The van der Waals surface area contributed by atoms with E-state index in [1.54, 1.807) is 6.92 Å². The fraction of sp³-hybridized carbons (Fsp3) is 0.562. The van der Waals surface area contributed by atoms with Crippen LogP contribution in [0.1, 0.15) is 25.8 Å². The van der Waals surface area contributed by atoms with Gasteiger partial charge in [-0.3, -0.25) is 4.79 Å². The molecule has 0 saturated carbocycles. The second kappa shape index (κ2) is 7.88. The maximum atomic E-state index is 10.8. The Labute approximate surface area is 126 Å². The van der Waals surface area contributed by atoms with E-state index in [-0.39, 0.29) is 5.91 Å². The number of nitrogens with one attached hydrogen (secondary N) is 3. The minimum Gasteiger partial charge on any atom is -0.490 e. The van der Waals surface area contributed by atoms with Gasteiger partial charge in [0, 0.05) is 32.6 Å². The fourth-order valence-electron chi connectivity index (χ4n) is 2.47. The SMILES string of the molecule is CCC(Cc1ccc2c(c1)NCCO2)NCCNC(C)=O. The van der Waals surface area contributed by atoms with Crippen LogP contribution in [0.5, 0.6) is 5.75 Å². The summed E-state index contributed by atoms with van der Waals surface area (Å²) in [5.41, 5.74) is 2.39. The molecule has 5 heteroatoms. The molecule has 0 aromatic heterocycles. The maximum absolute atomic E-state index is 10.8. The highest BCUT2D eigenvalue weighted by molar-refractivity contribution is 5.72. The van der Waals surface area contributed by atoms with Crippen LogP contribution >= 0.6 is 0 Å². The van der Waals surface area contributed by atoms with Crippen molar-refractivity contribution in [2.45, 2.75) is 32.7 Å². The van der Waals surface area contributed by atoms with Crippen LogP contribution in [0.15, 0.2) is 18.2 Å². The number of hydrogen-bond acceptors (Lipinski definition) is 4. The lowest BCUT2D eigenvalue weighted by Crippen LogP contribution is -2.37. The van der Waals surface area contributed by atoms with E-state index < -0.39 is 0 Å². The summed E-state index contributed by atoms with van der Waals surface area (Å²) in [4.78, 5) is 10.8. The molecule has 0 aliphatic carbocycles. The molecular weight excluding hydrogens is 266 g/mol. The van der Waals surface area contributed by atoms with Crippen molar-refractivity contribution >= 4 is 11.6 Å². The Morgan fingerprint density at radius 1 is 1.43 bits per heavy atom. The highest BCUT2D eigenvalue weighted by Crippen LogP contribution is 2.28. The number of carbonyl (C=O) groups excluding carboxylic acids is 1. The lowest BCUT2D eigenvalue weighted by Gasteiger charge is -2.21. The van der Waals surface area contributed by atoms with Gasteiger partial charge in [-0.05, 0) is 30.5 Å². The Morgan fingerprint density at radius 3 is 3.05 bits per heavy atom. The van der Waals surface area contributed by atoms with E-state index in [1.165, 1.54) is 5.56 Å². The highest BCUT2D eigenvalue weighted by atomic mass is 16.5. The van der Waals surface area contributed by atoms with E-state index >= 15 is 0 Å². The predicted octanol–water partition coefficient (Wildman–Crippen LogP) is 1.54. The normalized spacial score (nSPS) is 14.6. The summed E-state index contributed by atoms with van der Waals surface area (Å²) in [6.45, 7) is 6.78. The monoisotopic (exact) mass is 291 g/mol. The molecule has 0 fully saturated rings. The average molecular weight is 291 g/mol. The second-order valence-corrected chi connectivity index (χ2v) is 5.35. The van der Waals surface area contributed by atoms with Crippen LogP contribution in [0.3, 0.4) is 0 Å². The van der Waals surface area contributed by atoms with Gasteiger partial charge in [-0.1, -0.05) is 13.0 Å². The summed E-state index contributed by atoms with van der Waals surface area (Å²) >= 11 is 0. The molecule has 1 aliphatic rings. The zero-order valence-electron chi connectivity index (χ0n) is 12.9. The van der Waals surface area contributed by atoms with Gasteiger partial charge >= 0.3 is 0 Å². The second-order valence-electron chi connectivity index (χ2n) is 5.35. The van der Waals surface area contributed by atoms with Crippen molar-refractivity contribution in [1.29, 1.82) is 0 Å². The summed E-state index contributed by atoms with van der Waals surface area (Å²) in [5.74, 6) is 0.960. The first-order chi connectivity index (χ1) is 10.2. The highest BCUT2D eigenvalue weighted by Gasteiger charge is 2.12. The Bertz CT molecular complexity index is 477. The molecule has 1 unspecified atom stereocenters. The van der Waals surface area contributed by atoms with Crippen molar-refractivity contribution < 1.29 is 9.53 Å². The zero-order valence-corrected chi connectivity index (χ0v) is 12.9. The van der Waals surface area contributed by atoms with Crippen molar-refractivity contribution in [3.63, 3.8) is 0 Å². The number of amides is 1. The smallest absolute Gasteiger partial charge is 0.216 e. The van der Waals surface area contributed by atoms with Crippen LogP contribution < -0.4 is 20.7 Å². The Kier molecular flexibility index (Phi) is 5.87. The van der Waals surface area contributed by atoms with Gasteiger partial charge in [0.1, 0.15) is 12.4 Å². The van der Waals surface area contributed by atoms with Crippen LogP contribution in [0.2, 0.25) is 0 Å². The predicted molar refractivity (Wildman–Crippen MR) is 84.9 cm³/mol. The Hall–Kier alpha value is -1.75. The van der Waals surface area contributed by atoms with E-state index in [9.17, 15) is 4.79 Å². The van der Waals surface area contributed by atoms with Gasteiger partial charge in [-0.15, -0.1) is 0 Å². The number of ether oxygens (including phenoxy) is 1. The first-order valence-electron chi connectivity index (χ1n) is 7.66. The van der Waals surface area contributed by atoms with Gasteiger partial charge in [0.15, 0.2) is 0 Å².